The quantitative estimate of drug-likeness (QED) is 0.367. The number of carbonyl (C=O) groups excluding carboxylic acids is 1. The maximum absolute atomic E-state index is 13.4. The van der Waals surface area contributed by atoms with Crippen LogP contribution in [0, 0.1) is 5.92 Å². The van der Waals surface area contributed by atoms with Gasteiger partial charge in [0.05, 0.1) is 18.7 Å². The number of morpholine rings is 1. The Balaban J connectivity index is 1.52. The molecule has 3 N–H and O–H groups in total. The second kappa shape index (κ2) is 12.3. The number of unbranched alkanes of at least 4 members (excludes halogenated alkanes) is 1. The lowest BCUT2D eigenvalue weighted by molar-refractivity contribution is -0.167. The van der Waals surface area contributed by atoms with Crippen LogP contribution < -0.4 is 5.73 Å². The third-order valence-electron chi connectivity index (χ3n) is 8.25. The van der Waals surface area contributed by atoms with E-state index in [1.807, 2.05) is 47.4 Å². The molecule has 2 heterocycles. The summed E-state index contributed by atoms with van der Waals surface area (Å²) in [5.74, 6) is 0.0574. The van der Waals surface area contributed by atoms with Gasteiger partial charge in [-0.15, -0.1) is 0 Å². The predicted octanol–water partition coefficient (Wildman–Crippen LogP) is 4.91. The van der Waals surface area contributed by atoms with Gasteiger partial charge >= 0.3 is 0 Å². The molecule has 1 aliphatic carbocycles. The lowest BCUT2D eigenvalue weighted by Crippen LogP contribution is -2.55. The lowest BCUT2D eigenvalue weighted by Gasteiger charge is -2.44. The van der Waals surface area contributed by atoms with Gasteiger partial charge in [-0.1, -0.05) is 41.9 Å². The summed E-state index contributed by atoms with van der Waals surface area (Å²) < 4.78 is 11.5. The summed E-state index contributed by atoms with van der Waals surface area (Å²) in [4.78, 5) is 19.9. The van der Waals surface area contributed by atoms with Gasteiger partial charge in [-0.3, -0.25) is 9.78 Å². The van der Waals surface area contributed by atoms with Gasteiger partial charge in [-0.25, -0.2) is 0 Å². The van der Waals surface area contributed by atoms with Crippen LogP contribution in [0.2, 0.25) is 5.02 Å². The second-order valence-corrected chi connectivity index (χ2v) is 11.3. The van der Waals surface area contributed by atoms with Crippen molar-refractivity contribution in [1.29, 1.82) is 0 Å². The molecular formula is C31H38ClN3O4. The number of amides is 1. The lowest BCUT2D eigenvalue weighted by atomic mass is 9.79. The van der Waals surface area contributed by atoms with Gasteiger partial charge in [0.2, 0.25) is 5.91 Å². The van der Waals surface area contributed by atoms with E-state index in [0.29, 0.717) is 43.3 Å². The summed E-state index contributed by atoms with van der Waals surface area (Å²) in [5, 5.41) is 14.1. The molecular weight excluding hydrogens is 514 g/mol. The fraction of sp³-hybridized carbons (Fsp3) is 0.484. The zero-order valence-corrected chi connectivity index (χ0v) is 23.3. The molecule has 0 radical (unpaired) electrons. The highest BCUT2D eigenvalue weighted by molar-refractivity contribution is 6.33. The van der Waals surface area contributed by atoms with E-state index < -0.39 is 11.7 Å². The topological polar surface area (TPSA) is 97.9 Å². The van der Waals surface area contributed by atoms with Crippen LogP contribution >= 0.6 is 11.6 Å². The van der Waals surface area contributed by atoms with Crippen LogP contribution in [0.4, 0.5) is 0 Å². The van der Waals surface area contributed by atoms with E-state index in [4.69, 9.17) is 26.8 Å². The molecule has 1 amide bonds. The van der Waals surface area contributed by atoms with Gasteiger partial charge in [0.25, 0.3) is 0 Å². The van der Waals surface area contributed by atoms with Gasteiger partial charge in [0.1, 0.15) is 11.7 Å². The molecule has 0 spiro atoms. The maximum atomic E-state index is 13.4. The number of nitrogens with two attached hydrogens (primary N) is 1. The Morgan fingerprint density at radius 1 is 1.23 bits per heavy atom. The SMILES string of the molecule is COCCCC[C@@](O)(c1cccc(Cl)c1-c1cnc2ccccc2c1)[C@H]1CN(C(=O)C2CC[C@H](N)C2)CCO1. The third-order valence-corrected chi connectivity index (χ3v) is 8.56. The van der Waals surface area contributed by atoms with Crippen molar-refractivity contribution in [3.05, 3.63) is 65.3 Å². The van der Waals surface area contributed by atoms with E-state index in [0.717, 1.165) is 54.1 Å². The molecule has 1 aliphatic heterocycles. The fourth-order valence-electron chi connectivity index (χ4n) is 6.13. The molecule has 8 heteroatoms. The van der Waals surface area contributed by atoms with Gasteiger partial charge in [0, 0.05) is 60.0 Å². The van der Waals surface area contributed by atoms with Crippen LogP contribution in [0.3, 0.4) is 0 Å². The zero-order chi connectivity index (χ0) is 27.4. The molecule has 2 aliphatic rings. The highest BCUT2D eigenvalue weighted by atomic mass is 35.5. The number of carbonyl (C=O) groups is 1. The molecule has 5 rings (SSSR count). The Morgan fingerprint density at radius 3 is 2.87 bits per heavy atom. The summed E-state index contributed by atoms with van der Waals surface area (Å²) in [5.41, 5.74) is 7.86. The average Bonchev–Trinajstić information content (AvgIpc) is 3.40. The van der Waals surface area contributed by atoms with Gasteiger partial charge in [-0.05, 0) is 62.3 Å². The number of ether oxygens (including phenoxy) is 2. The van der Waals surface area contributed by atoms with Crippen molar-refractivity contribution < 1.29 is 19.4 Å². The van der Waals surface area contributed by atoms with Crippen molar-refractivity contribution in [2.45, 2.75) is 56.3 Å². The van der Waals surface area contributed by atoms with Crippen LogP contribution in [-0.2, 0) is 19.9 Å². The Hall–Kier alpha value is -2.55. The van der Waals surface area contributed by atoms with Crippen molar-refractivity contribution in [2.75, 3.05) is 33.4 Å². The van der Waals surface area contributed by atoms with Crippen LogP contribution in [-0.4, -0.2) is 66.5 Å². The van der Waals surface area contributed by atoms with Gasteiger partial charge in [-0.2, -0.15) is 0 Å². The number of aromatic nitrogens is 1. The Kier molecular flexibility index (Phi) is 8.84. The van der Waals surface area contributed by atoms with E-state index in [2.05, 4.69) is 11.1 Å². The number of benzene rings is 2. The Bertz CT molecular complexity index is 1300. The van der Waals surface area contributed by atoms with E-state index in [1.165, 1.54) is 0 Å². The first-order valence-electron chi connectivity index (χ1n) is 13.9. The number of fused-ring (bicyclic) bond motifs is 1. The molecule has 1 unspecified atom stereocenters. The minimum atomic E-state index is -1.38. The highest BCUT2D eigenvalue weighted by Crippen LogP contribution is 2.43. The smallest absolute Gasteiger partial charge is 0.225 e. The third kappa shape index (κ3) is 5.98. The summed E-state index contributed by atoms with van der Waals surface area (Å²) in [7, 11) is 1.68. The number of halogens is 1. The molecule has 7 nitrogen and oxygen atoms in total. The Morgan fingerprint density at radius 2 is 2.08 bits per heavy atom. The average molecular weight is 552 g/mol. The predicted molar refractivity (Wildman–Crippen MR) is 153 cm³/mol. The minimum Gasteiger partial charge on any atom is -0.385 e. The molecule has 3 aromatic rings. The number of rotatable bonds is 9. The van der Waals surface area contributed by atoms with Gasteiger partial charge in [0.15, 0.2) is 0 Å². The molecule has 1 saturated carbocycles. The van der Waals surface area contributed by atoms with Crippen LogP contribution in [0.1, 0.15) is 44.1 Å². The molecule has 39 heavy (non-hydrogen) atoms. The largest absolute Gasteiger partial charge is 0.385 e. The molecule has 208 valence electrons. The summed E-state index contributed by atoms with van der Waals surface area (Å²) >= 11 is 6.85. The molecule has 0 bridgehead atoms. The Labute approximate surface area is 235 Å². The number of aliphatic hydroxyl groups is 1. The maximum Gasteiger partial charge on any atom is 0.225 e. The van der Waals surface area contributed by atoms with E-state index in [-0.39, 0.29) is 17.9 Å². The van der Waals surface area contributed by atoms with Crippen molar-refractivity contribution in [2.24, 2.45) is 11.7 Å². The number of para-hydroxylation sites is 1. The molecule has 1 saturated heterocycles. The summed E-state index contributed by atoms with van der Waals surface area (Å²) in [6, 6.07) is 15.7. The van der Waals surface area contributed by atoms with Crippen molar-refractivity contribution in [3.8, 4) is 11.1 Å². The van der Waals surface area contributed by atoms with Crippen molar-refractivity contribution in [3.63, 3.8) is 0 Å². The normalized spacial score (nSPS) is 23.2. The summed E-state index contributed by atoms with van der Waals surface area (Å²) in [6.07, 6.45) is 5.55. The van der Waals surface area contributed by atoms with Gasteiger partial charge < -0.3 is 25.2 Å². The second-order valence-electron chi connectivity index (χ2n) is 10.9. The number of hydrogen-bond donors (Lipinski definition) is 2. The minimum absolute atomic E-state index is 0.0565. The first-order chi connectivity index (χ1) is 18.9. The molecule has 1 aromatic heterocycles. The van der Waals surface area contributed by atoms with Crippen molar-refractivity contribution in [1.82, 2.24) is 9.88 Å². The molecule has 2 aromatic carbocycles. The zero-order valence-electron chi connectivity index (χ0n) is 22.5. The number of methoxy groups -OCH3 is 1. The summed E-state index contributed by atoms with van der Waals surface area (Å²) in [6.45, 7) is 1.79. The highest BCUT2D eigenvalue weighted by Gasteiger charge is 2.45. The number of nitrogens with zero attached hydrogens (tertiary/aromatic N) is 2. The van der Waals surface area contributed by atoms with Crippen molar-refractivity contribution >= 4 is 28.4 Å². The van der Waals surface area contributed by atoms with E-state index >= 15 is 0 Å². The monoisotopic (exact) mass is 551 g/mol. The number of pyridine rings is 1. The van der Waals surface area contributed by atoms with Crippen LogP contribution in [0.5, 0.6) is 0 Å². The first-order valence-corrected chi connectivity index (χ1v) is 14.3. The van der Waals surface area contributed by atoms with Crippen LogP contribution in [0.15, 0.2) is 54.7 Å². The molecule has 2 fully saturated rings. The van der Waals surface area contributed by atoms with E-state index in [9.17, 15) is 9.90 Å². The van der Waals surface area contributed by atoms with E-state index in [1.54, 1.807) is 13.3 Å². The standard InChI is InChI=1S/C31H38ClN3O4/c1-38-15-5-4-13-31(37,28-20-35(14-16-39-28)30(36)22-11-12-24(33)18-22)25-8-6-9-26(32)29(25)23-17-21-7-2-3-10-27(21)34-19-23/h2-3,6-10,17,19,22,24,28,37H,4-5,11-16,18,20,33H2,1H3/t22?,24-,28+,31+/m0/s1. The fourth-order valence-corrected chi connectivity index (χ4v) is 6.42. The number of hydrogen-bond acceptors (Lipinski definition) is 6. The first kappa shape index (κ1) is 28.0. The molecule has 4 atom stereocenters. The van der Waals surface area contributed by atoms with Crippen LogP contribution in [0.25, 0.3) is 22.0 Å².